The maximum absolute atomic E-state index is 12.9. The summed E-state index contributed by atoms with van der Waals surface area (Å²) in [5.74, 6) is -0.737. The number of fused-ring (bicyclic) bond motifs is 2. The molecule has 1 amide bonds. The Morgan fingerprint density at radius 1 is 1.29 bits per heavy atom. The average molecular weight is 422 g/mol. The Labute approximate surface area is 177 Å². The molecule has 3 heterocycles. The largest absolute Gasteiger partial charge is 0.462 e. The van der Waals surface area contributed by atoms with E-state index in [9.17, 15) is 14.4 Å². The zero-order valence-corrected chi connectivity index (χ0v) is 17.2. The molecule has 0 spiro atoms. The van der Waals surface area contributed by atoms with Gasteiger partial charge in [0.05, 0.1) is 6.61 Å². The van der Waals surface area contributed by atoms with Crippen LogP contribution in [-0.2, 0) is 22.5 Å². The van der Waals surface area contributed by atoms with E-state index in [2.05, 4.69) is 15.3 Å². The van der Waals surface area contributed by atoms with Crippen LogP contribution in [0, 0.1) is 6.92 Å². The van der Waals surface area contributed by atoms with E-state index < -0.39 is 11.5 Å². The third kappa shape index (κ3) is 3.94. The van der Waals surface area contributed by atoms with Gasteiger partial charge in [0.2, 0.25) is 11.6 Å². The van der Waals surface area contributed by atoms with Gasteiger partial charge < -0.3 is 19.5 Å². The predicted molar refractivity (Wildman–Crippen MR) is 114 cm³/mol. The zero-order valence-electron chi connectivity index (χ0n) is 17.2. The van der Waals surface area contributed by atoms with Crippen LogP contribution in [0.3, 0.4) is 0 Å². The first-order chi connectivity index (χ1) is 15.0. The highest BCUT2D eigenvalue weighted by Crippen LogP contribution is 2.21. The van der Waals surface area contributed by atoms with E-state index >= 15 is 0 Å². The quantitative estimate of drug-likeness (QED) is 0.441. The summed E-state index contributed by atoms with van der Waals surface area (Å²) in [7, 11) is 0. The molecule has 0 unspecified atom stereocenters. The molecule has 0 saturated carbocycles. The van der Waals surface area contributed by atoms with Gasteiger partial charge in [0.25, 0.3) is 5.56 Å². The molecule has 0 aliphatic heterocycles. The molecule has 3 aromatic heterocycles. The molecule has 9 heteroatoms. The molecule has 4 aromatic rings. The Morgan fingerprint density at radius 3 is 2.90 bits per heavy atom. The van der Waals surface area contributed by atoms with Crippen molar-refractivity contribution in [2.45, 2.75) is 26.8 Å². The van der Waals surface area contributed by atoms with Crippen molar-refractivity contribution in [3.8, 4) is 0 Å². The maximum atomic E-state index is 12.9. The van der Waals surface area contributed by atoms with Gasteiger partial charge in [-0.05, 0) is 31.9 Å². The molecule has 9 nitrogen and oxygen atoms in total. The van der Waals surface area contributed by atoms with E-state index in [1.165, 1.54) is 6.33 Å². The Balaban J connectivity index is 1.47. The van der Waals surface area contributed by atoms with Crippen molar-refractivity contribution in [3.05, 3.63) is 64.0 Å². The van der Waals surface area contributed by atoms with Crippen molar-refractivity contribution < 1.29 is 18.7 Å². The fraction of sp³-hybridized carbons (Fsp3) is 0.273. The number of carbonyl (C=O) groups is 2. The van der Waals surface area contributed by atoms with Crippen LogP contribution in [-0.4, -0.2) is 39.6 Å². The van der Waals surface area contributed by atoms with Crippen LogP contribution in [0.2, 0.25) is 0 Å². The van der Waals surface area contributed by atoms with Crippen LogP contribution in [0.1, 0.15) is 28.6 Å². The SMILES string of the molecule is CCOC(=O)c1c(C)oc2ncn(CC(=O)NCCc3c[nH]c4ccccc34)c(=O)c12. The summed E-state index contributed by atoms with van der Waals surface area (Å²) in [6.07, 6.45) is 3.81. The smallest absolute Gasteiger partial charge is 0.342 e. The van der Waals surface area contributed by atoms with Crippen LogP contribution in [0.15, 0.2) is 46.0 Å². The lowest BCUT2D eigenvalue weighted by molar-refractivity contribution is -0.121. The molecule has 0 radical (unpaired) electrons. The van der Waals surface area contributed by atoms with Crippen molar-refractivity contribution >= 4 is 33.9 Å². The van der Waals surface area contributed by atoms with Crippen LogP contribution >= 0.6 is 0 Å². The molecule has 0 fully saturated rings. The molecule has 0 atom stereocenters. The molecule has 31 heavy (non-hydrogen) atoms. The third-order valence-corrected chi connectivity index (χ3v) is 5.04. The minimum atomic E-state index is -0.654. The number of benzene rings is 1. The lowest BCUT2D eigenvalue weighted by Gasteiger charge is -2.07. The van der Waals surface area contributed by atoms with Crippen molar-refractivity contribution in [2.24, 2.45) is 0 Å². The number of amides is 1. The lowest BCUT2D eigenvalue weighted by atomic mass is 10.1. The average Bonchev–Trinajstić information content (AvgIpc) is 3.31. The molecule has 0 aliphatic carbocycles. The highest BCUT2D eigenvalue weighted by molar-refractivity contribution is 6.03. The number of nitrogens with one attached hydrogen (secondary N) is 2. The van der Waals surface area contributed by atoms with E-state index in [1.807, 2.05) is 30.5 Å². The number of furan rings is 1. The topological polar surface area (TPSA) is 119 Å². The number of H-pyrrole nitrogens is 1. The first-order valence-electron chi connectivity index (χ1n) is 9.97. The van der Waals surface area contributed by atoms with Crippen LogP contribution in [0.4, 0.5) is 0 Å². The third-order valence-electron chi connectivity index (χ3n) is 5.04. The van der Waals surface area contributed by atoms with Gasteiger partial charge in [-0.25, -0.2) is 9.78 Å². The maximum Gasteiger partial charge on any atom is 0.342 e. The van der Waals surface area contributed by atoms with Crippen LogP contribution in [0.5, 0.6) is 0 Å². The monoisotopic (exact) mass is 422 g/mol. The van der Waals surface area contributed by atoms with Crippen molar-refractivity contribution in [3.63, 3.8) is 0 Å². The molecule has 0 saturated heterocycles. The number of hydrogen-bond acceptors (Lipinski definition) is 6. The molecular formula is C22H22N4O5. The molecule has 0 aliphatic rings. The fourth-order valence-corrected chi connectivity index (χ4v) is 3.58. The first-order valence-corrected chi connectivity index (χ1v) is 9.97. The standard InChI is InChI=1S/C22H22N4O5/c1-3-30-22(29)18-13(2)31-20-19(18)21(28)26(12-25-20)11-17(27)23-9-8-14-10-24-16-7-5-4-6-15(14)16/h4-7,10,12,24H,3,8-9,11H2,1-2H3,(H,23,27). The van der Waals surface area contributed by atoms with Crippen LogP contribution in [0.25, 0.3) is 22.0 Å². The van der Waals surface area contributed by atoms with Gasteiger partial charge in [-0.1, -0.05) is 18.2 Å². The summed E-state index contributed by atoms with van der Waals surface area (Å²) in [4.78, 5) is 44.8. The van der Waals surface area contributed by atoms with E-state index in [1.54, 1.807) is 13.8 Å². The summed E-state index contributed by atoms with van der Waals surface area (Å²) >= 11 is 0. The van der Waals surface area contributed by atoms with Gasteiger partial charge in [0.15, 0.2) is 0 Å². The minimum Gasteiger partial charge on any atom is -0.462 e. The summed E-state index contributed by atoms with van der Waals surface area (Å²) in [5.41, 5.74) is 1.70. The number of aromatic amines is 1. The number of nitrogens with zero attached hydrogens (tertiary/aromatic N) is 2. The summed E-state index contributed by atoms with van der Waals surface area (Å²) < 4.78 is 11.6. The van der Waals surface area contributed by atoms with Gasteiger partial charge in [-0.15, -0.1) is 0 Å². The lowest BCUT2D eigenvalue weighted by Crippen LogP contribution is -2.33. The molecular weight excluding hydrogens is 400 g/mol. The van der Waals surface area contributed by atoms with E-state index in [-0.39, 0.29) is 41.5 Å². The Bertz CT molecular complexity index is 1330. The second-order valence-electron chi connectivity index (χ2n) is 7.07. The Morgan fingerprint density at radius 2 is 2.10 bits per heavy atom. The van der Waals surface area contributed by atoms with Gasteiger partial charge in [-0.3, -0.25) is 14.2 Å². The van der Waals surface area contributed by atoms with Crippen molar-refractivity contribution in [2.75, 3.05) is 13.2 Å². The molecule has 2 N–H and O–H groups in total. The predicted octanol–water partition coefficient (Wildman–Crippen LogP) is 2.31. The van der Waals surface area contributed by atoms with Gasteiger partial charge in [0.1, 0.15) is 29.6 Å². The van der Waals surface area contributed by atoms with Crippen molar-refractivity contribution in [1.29, 1.82) is 0 Å². The fourth-order valence-electron chi connectivity index (χ4n) is 3.58. The van der Waals surface area contributed by atoms with E-state index in [0.29, 0.717) is 13.0 Å². The molecule has 0 bridgehead atoms. The Hall–Kier alpha value is -3.88. The molecule has 1 aromatic carbocycles. The minimum absolute atomic E-state index is 0.0186. The number of aryl methyl sites for hydroxylation is 1. The number of rotatable bonds is 7. The van der Waals surface area contributed by atoms with E-state index in [4.69, 9.17) is 9.15 Å². The highest BCUT2D eigenvalue weighted by atomic mass is 16.5. The number of carbonyl (C=O) groups excluding carboxylic acids is 2. The normalized spacial score (nSPS) is 11.2. The summed E-state index contributed by atoms with van der Waals surface area (Å²) in [5, 5.41) is 3.95. The van der Waals surface area contributed by atoms with Crippen molar-refractivity contribution in [1.82, 2.24) is 19.9 Å². The molecule has 4 rings (SSSR count). The number of hydrogen-bond donors (Lipinski definition) is 2. The van der Waals surface area contributed by atoms with Gasteiger partial charge in [-0.2, -0.15) is 0 Å². The van der Waals surface area contributed by atoms with Crippen LogP contribution < -0.4 is 10.9 Å². The van der Waals surface area contributed by atoms with E-state index in [0.717, 1.165) is 21.0 Å². The second kappa shape index (κ2) is 8.47. The number of para-hydroxylation sites is 1. The zero-order chi connectivity index (χ0) is 22.0. The second-order valence-corrected chi connectivity index (χ2v) is 7.07. The summed E-state index contributed by atoms with van der Waals surface area (Å²) in [6.45, 7) is 3.60. The van der Waals surface area contributed by atoms with Gasteiger partial charge >= 0.3 is 5.97 Å². The van der Waals surface area contributed by atoms with Gasteiger partial charge in [0, 0.05) is 23.6 Å². The number of aromatic nitrogens is 3. The number of ether oxygens (including phenoxy) is 1. The first kappa shape index (κ1) is 20.4. The highest BCUT2D eigenvalue weighted by Gasteiger charge is 2.24. The number of esters is 1. The Kier molecular flexibility index (Phi) is 5.57. The molecule has 160 valence electrons. The summed E-state index contributed by atoms with van der Waals surface area (Å²) in [6, 6.07) is 7.95.